The van der Waals surface area contributed by atoms with Crippen LogP contribution in [0.4, 0.5) is 5.95 Å². The van der Waals surface area contributed by atoms with Gasteiger partial charge in [0.1, 0.15) is 6.04 Å². The van der Waals surface area contributed by atoms with E-state index in [1.54, 1.807) is 0 Å². The Kier molecular flexibility index (Phi) is 7.81. The van der Waals surface area contributed by atoms with Crippen molar-refractivity contribution in [3.8, 4) is 11.1 Å². The van der Waals surface area contributed by atoms with Gasteiger partial charge in [-0.05, 0) is 52.4 Å². The number of rotatable bonds is 10. The summed E-state index contributed by atoms with van der Waals surface area (Å²) in [7, 11) is 0. The first-order valence-corrected chi connectivity index (χ1v) is 11.3. The topological polar surface area (TPSA) is 133 Å². The normalized spacial score (nSPS) is 12.6. The number of aromatic amines is 1. The highest BCUT2D eigenvalue weighted by Crippen LogP contribution is 2.23. The molecule has 0 aliphatic carbocycles. The van der Waals surface area contributed by atoms with Crippen molar-refractivity contribution >= 4 is 29.4 Å². The maximum atomic E-state index is 13.0. The quantitative estimate of drug-likeness (QED) is 0.268. The van der Waals surface area contributed by atoms with Crippen LogP contribution in [0.1, 0.15) is 11.1 Å². The zero-order chi connectivity index (χ0) is 24.6. The number of carbonyl (C=O) groups excluding carboxylic acids is 1. The number of tetrazole rings is 1. The highest BCUT2D eigenvalue weighted by molar-refractivity contribution is 6.30. The molecule has 35 heavy (non-hydrogen) atoms. The molecule has 0 saturated heterocycles. The van der Waals surface area contributed by atoms with E-state index >= 15 is 0 Å². The van der Waals surface area contributed by atoms with E-state index < -0.39 is 24.0 Å². The Morgan fingerprint density at radius 3 is 2.26 bits per heavy atom. The molecule has 9 nitrogen and oxygen atoms in total. The summed E-state index contributed by atoms with van der Waals surface area (Å²) in [5.74, 6) is -1.51. The molecule has 10 heteroatoms. The Bertz CT molecular complexity index is 1270. The van der Waals surface area contributed by atoms with E-state index in [2.05, 4.69) is 31.3 Å². The van der Waals surface area contributed by atoms with Gasteiger partial charge < -0.3 is 5.11 Å². The van der Waals surface area contributed by atoms with E-state index in [-0.39, 0.29) is 18.8 Å². The average molecular weight is 491 g/mol. The number of amides is 1. The monoisotopic (exact) mass is 490 g/mol. The van der Waals surface area contributed by atoms with Crippen LogP contribution in [0.2, 0.25) is 5.02 Å². The molecule has 178 valence electrons. The van der Waals surface area contributed by atoms with E-state index in [1.807, 2.05) is 78.9 Å². The van der Waals surface area contributed by atoms with Crippen LogP contribution >= 0.6 is 11.6 Å². The predicted octanol–water partition coefficient (Wildman–Crippen LogP) is 3.36. The third kappa shape index (κ3) is 6.72. The van der Waals surface area contributed by atoms with Crippen molar-refractivity contribution in [3.05, 3.63) is 95.0 Å². The number of aromatic nitrogens is 4. The minimum absolute atomic E-state index is 0.00744. The first kappa shape index (κ1) is 24.1. The van der Waals surface area contributed by atoms with Crippen molar-refractivity contribution in [1.82, 2.24) is 25.9 Å². The molecule has 4 aromatic rings. The van der Waals surface area contributed by atoms with Gasteiger partial charge in [-0.15, -0.1) is 5.10 Å². The van der Waals surface area contributed by atoms with Crippen LogP contribution in [0, 0.1) is 0 Å². The minimum atomic E-state index is -1.05. The number of nitrogens with one attached hydrogen (secondary N) is 3. The van der Waals surface area contributed by atoms with Crippen molar-refractivity contribution in [1.29, 1.82) is 0 Å². The molecule has 4 N–H and O–H groups in total. The summed E-state index contributed by atoms with van der Waals surface area (Å²) >= 11 is 6.10. The smallest absolute Gasteiger partial charge is 0.321 e. The summed E-state index contributed by atoms with van der Waals surface area (Å²) in [6.45, 7) is 0. The number of H-pyrrole nitrogens is 1. The number of halogens is 1. The second-order valence-corrected chi connectivity index (χ2v) is 8.37. The van der Waals surface area contributed by atoms with E-state index in [0.717, 1.165) is 22.3 Å². The number of carboxylic acid groups (broad SMARTS) is 1. The number of carbonyl (C=O) groups is 2. The number of benzene rings is 3. The van der Waals surface area contributed by atoms with E-state index in [4.69, 9.17) is 11.6 Å². The van der Waals surface area contributed by atoms with Crippen LogP contribution in [0.3, 0.4) is 0 Å². The van der Waals surface area contributed by atoms with Gasteiger partial charge >= 0.3 is 5.97 Å². The van der Waals surface area contributed by atoms with Crippen molar-refractivity contribution in [2.75, 3.05) is 5.32 Å². The van der Waals surface area contributed by atoms with Gasteiger partial charge in [0, 0.05) is 5.02 Å². The summed E-state index contributed by atoms with van der Waals surface area (Å²) in [5, 5.41) is 29.2. The number of aliphatic carboxylic acids is 1. The lowest BCUT2D eigenvalue weighted by atomic mass is 9.99. The van der Waals surface area contributed by atoms with Gasteiger partial charge in [-0.25, -0.2) is 0 Å². The fourth-order valence-corrected chi connectivity index (χ4v) is 3.88. The lowest BCUT2D eigenvalue weighted by Crippen LogP contribution is -2.51. The Morgan fingerprint density at radius 1 is 0.886 bits per heavy atom. The zero-order valence-corrected chi connectivity index (χ0v) is 19.3. The van der Waals surface area contributed by atoms with Crippen LogP contribution in [-0.2, 0) is 22.4 Å². The van der Waals surface area contributed by atoms with E-state index in [0.29, 0.717) is 5.02 Å². The standard InChI is InChI=1S/C25H23ClN6O3/c26-20-8-4-7-19(15-20)18-11-9-17(10-12-18)13-21(23(33)28-25-29-31-32-30-25)27-22(24(34)35)14-16-5-2-1-3-6-16/h1-12,15,21-22,27H,13-14H2,(H,34,35)(H2,28,29,30,31,32,33)/t21-,22-/m0/s1. The lowest BCUT2D eigenvalue weighted by Gasteiger charge is -2.23. The van der Waals surface area contributed by atoms with Gasteiger partial charge in [-0.2, -0.15) is 5.21 Å². The van der Waals surface area contributed by atoms with Crippen LogP contribution < -0.4 is 10.6 Å². The third-order valence-corrected chi connectivity index (χ3v) is 5.67. The summed E-state index contributed by atoms with van der Waals surface area (Å²) in [5.41, 5.74) is 3.64. The van der Waals surface area contributed by atoms with Gasteiger partial charge in [-0.1, -0.05) is 83.4 Å². The second-order valence-electron chi connectivity index (χ2n) is 7.94. The number of anilines is 1. The molecule has 0 aliphatic heterocycles. The third-order valence-electron chi connectivity index (χ3n) is 5.43. The van der Waals surface area contributed by atoms with Crippen molar-refractivity contribution in [2.45, 2.75) is 24.9 Å². The predicted molar refractivity (Wildman–Crippen MR) is 132 cm³/mol. The molecule has 0 radical (unpaired) electrons. The van der Waals surface area contributed by atoms with E-state index in [9.17, 15) is 14.7 Å². The van der Waals surface area contributed by atoms with Gasteiger partial charge in [-0.3, -0.25) is 20.2 Å². The van der Waals surface area contributed by atoms with Crippen LogP contribution in [-0.4, -0.2) is 49.7 Å². The zero-order valence-electron chi connectivity index (χ0n) is 18.6. The first-order valence-electron chi connectivity index (χ1n) is 10.9. The molecule has 2 atom stereocenters. The molecule has 0 unspecified atom stereocenters. The molecule has 0 aliphatic rings. The fraction of sp³-hybridized carbons (Fsp3) is 0.160. The summed E-state index contributed by atoms with van der Waals surface area (Å²) in [6, 6.07) is 22.6. The lowest BCUT2D eigenvalue weighted by molar-refractivity contribution is -0.139. The Hall–Kier alpha value is -4.08. The highest BCUT2D eigenvalue weighted by Gasteiger charge is 2.27. The second kappa shape index (κ2) is 11.4. The molecule has 0 bridgehead atoms. The maximum Gasteiger partial charge on any atom is 0.321 e. The summed E-state index contributed by atoms with van der Waals surface area (Å²) in [6.07, 6.45) is 0.466. The van der Waals surface area contributed by atoms with Gasteiger partial charge in [0.05, 0.1) is 6.04 Å². The summed E-state index contributed by atoms with van der Waals surface area (Å²) in [4.78, 5) is 25.1. The summed E-state index contributed by atoms with van der Waals surface area (Å²) < 4.78 is 0. The molecule has 1 aromatic heterocycles. The molecule has 0 fully saturated rings. The molecular weight excluding hydrogens is 468 g/mol. The molecule has 1 heterocycles. The minimum Gasteiger partial charge on any atom is -0.480 e. The van der Waals surface area contributed by atoms with Crippen LogP contribution in [0.25, 0.3) is 11.1 Å². The van der Waals surface area contributed by atoms with Crippen LogP contribution in [0.5, 0.6) is 0 Å². The Morgan fingerprint density at radius 2 is 1.60 bits per heavy atom. The number of hydrogen-bond acceptors (Lipinski definition) is 6. The molecule has 4 rings (SSSR count). The fourth-order valence-electron chi connectivity index (χ4n) is 3.69. The van der Waals surface area contributed by atoms with Gasteiger partial charge in [0.2, 0.25) is 5.91 Å². The van der Waals surface area contributed by atoms with E-state index in [1.165, 1.54) is 0 Å². The first-order chi connectivity index (χ1) is 17.0. The van der Waals surface area contributed by atoms with Gasteiger partial charge in [0.25, 0.3) is 5.95 Å². The largest absolute Gasteiger partial charge is 0.480 e. The van der Waals surface area contributed by atoms with Crippen molar-refractivity contribution < 1.29 is 14.7 Å². The number of nitrogens with zero attached hydrogens (tertiary/aromatic N) is 3. The van der Waals surface area contributed by atoms with Crippen LogP contribution in [0.15, 0.2) is 78.9 Å². The van der Waals surface area contributed by atoms with Gasteiger partial charge in [0.15, 0.2) is 0 Å². The van der Waals surface area contributed by atoms with Crippen molar-refractivity contribution in [2.24, 2.45) is 0 Å². The Labute approximate surface area is 206 Å². The molecule has 1 amide bonds. The molecular formula is C25H23ClN6O3. The average Bonchev–Trinajstić information content (AvgIpc) is 3.37. The maximum absolute atomic E-state index is 13.0. The molecule has 3 aromatic carbocycles. The highest BCUT2D eigenvalue weighted by atomic mass is 35.5. The SMILES string of the molecule is O=C(O)[C@H](Cc1ccccc1)N[C@@H](Cc1ccc(-c2cccc(Cl)c2)cc1)C(=O)Nc1nn[nH]n1. The van der Waals surface area contributed by atoms with Crippen molar-refractivity contribution in [3.63, 3.8) is 0 Å². The molecule has 0 saturated carbocycles. The molecule has 0 spiro atoms. The number of carboxylic acids is 1. The Balaban J connectivity index is 1.53. The number of hydrogen-bond donors (Lipinski definition) is 4.